The normalized spacial score (nSPS) is 17.5. The third kappa shape index (κ3) is 3.61. The molecule has 0 unspecified atom stereocenters. The summed E-state index contributed by atoms with van der Waals surface area (Å²) >= 11 is 6.05. The van der Waals surface area contributed by atoms with Crippen LogP contribution in [0.25, 0.3) is 0 Å². The van der Waals surface area contributed by atoms with E-state index in [4.69, 9.17) is 11.6 Å². The minimum atomic E-state index is -0.236. The van der Waals surface area contributed by atoms with E-state index in [2.05, 4.69) is 5.32 Å². The van der Waals surface area contributed by atoms with Crippen molar-refractivity contribution in [1.29, 1.82) is 0 Å². The lowest BCUT2D eigenvalue weighted by molar-refractivity contribution is 0.483. The number of hydrogen-bond donors (Lipinski definition) is 1. The predicted molar refractivity (Wildman–Crippen MR) is 75.8 cm³/mol. The minimum absolute atomic E-state index is 0.236. The Morgan fingerprint density at radius 1 is 1.22 bits per heavy atom. The fraction of sp³-hybridized carbons (Fsp3) is 0.600. The maximum absolute atomic E-state index is 13.3. The fourth-order valence-corrected chi connectivity index (χ4v) is 2.83. The average molecular weight is 270 g/mol. The van der Waals surface area contributed by atoms with Crippen molar-refractivity contribution >= 4 is 17.3 Å². The molecule has 1 aromatic carbocycles. The molecule has 1 N–H and O–H groups in total. The monoisotopic (exact) mass is 269 g/mol. The second kappa shape index (κ2) is 6.42. The van der Waals surface area contributed by atoms with Crippen molar-refractivity contribution in [3.8, 4) is 0 Å². The highest BCUT2D eigenvalue weighted by atomic mass is 35.5. The molecular weight excluding hydrogens is 249 g/mol. The Morgan fingerprint density at radius 2 is 1.89 bits per heavy atom. The average Bonchev–Trinajstić information content (AvgIpc) is 2.60. The van der Waals surface area contributed by atoms with E-state index in [1.54, 1.807) is 13.0 Å². The SMILES string of the molecule is Cc1cc(NCC2CCCCCC2)c(Cl)cc1F. The molecule has 18 heavy (non-hydrogen) atoms. The number of nitrogens with one attached hydrogen (secondary N) is 1. The van der Waals surface area contributed by atoms with Crippen LogP contribution >= 0.6 is 11.6 Å². The first kappa shape index (κ1) is 13.7. The molecular formula is C15H21ClFN. The number of anilines is 1. The van der Waals surface area contributed by atoms with Gasteiger partial charge >= 0.3 is 0 Å². The number of hydrogen-bond acceptors (Lipinski definition) is 1. The van der Waals surface area contributed by atoms with Crippen LogP contribution in [0.4, 0.5) is 10.1 Å². The van der Waals surface area contributed by atoms with Crippen LogP contribution in [0, 0.1) is 18.7 Å². The molecule has 1 aliphatic carbocycles. The number of halogens is 2. The molecule has 3 heteroatoms. The van der Waals surface area contributed by atoms with E-state index in [9.17, 15) is 4.39 Å². The van der Waals surface area contributed by atoms with Gasteiger partial charge in [0.25, 0.3) is 0 Å². The molecule has 100 valence electrons. The summed E-state index contributed by atoms with van der Waals surface area (Å²) < 4.78 is 13.3. The standard InChI is InChI=1S/C15H21ClFN/c1-11-8-15(13(16)9-14(11)17)18-10-12-6-4-2-3-5-7-12/h8-9,12,18H,2-7,10H2,1H3. The summed E-state index contributed by atoms with van der Waals surface area (Å²) in [6.45, 7) is 2.72. The molecule has 1 nitrogen and oxygen atoms in total. The van der Waals surface area contributed by atoms with Gasteiger partial charge in [-0.25, -0.2) is 4.39 Å². The van der Waals surface area contributed by atoms with Gasteiger partial charge in [-0.05, 0) is 43.4 Å². The fourth-order valence-electron chi connectivity index (χ4n) is 2.62. The van der Waals surface area contributed by atoms with Crippen LogP contribution in [0.2, 0.25) is 5.02 Å². The molecule has 2 rings (SSSR count). The van der Waals surface area contributed by atoms with Crippen molar-refractivity contribution in [2.75, 3.05) is 11.9 Å². The molecule has 0 saturated heterocycles. The lowest BCUT2D eigenvalue weighted by Crippen LogP contribution is -2.14. The summed E-state index contributed by atoms with van der Waals surface area (Å²) in [6, 6.07) is 3.20. The van der Waals surface area contributed by atoms with Crippen LogP contribution in [0.15, 0.2) is 12.1 Å². The van der Waals surface area contributed by atoms with Gasteiger partial charge in [0.15, 0.2) is 0 Å². The summed E-state index contributed by atoms with van der Waals surface area (Å²) in [7, 11) is 0. The molecule has 1 aromatic rings. The predicted octanol–water partition coefficient (Wildman–Crippen LogP) is 5.17. The van der Waals surface area contributed by atoms with Crippen molar-refractivity contribution in [1.82, 2.24) is 0 Å². The van der Waals surface area contributed by atoms with Crippen molar-refractivity contribution in [3.63, 3.8) is 0 Å². The Hall–Kier alpha value is -0.760. The Morgan fingerprint density at radius 3 is 2.56 bits per heavy atom. The highest BCUT2D eigenvalue weighted by molar-refractivity contribution is 6.33. The van der Waals surface area contributed by atoms with E-state index in [1.165, 1.54) is 44.6 Å². The van der Waals surface area contributed by atoms with E-state index < -0.39 is 0 Å². The molecule has 1 fully saturated rings. The highest BCUT2D eigenvalue weighted by Gasteiger charge is 2.13. The zero-order valence-electron chi connectivity index (χ0n) is 10.9. The molecule has 0 atom stereocenters. The van der Waals surface area contributed by atoms with E-state index >= 15 is 0 Å². The molecule has 0 heterocycles. The first-order chi connectivity index (χ1) is 8.66. The molecule has 0 aromatic heterocycles. The molecule has 0 spiro atoms. The van der Waals surface area contributed by atoms with Crippen LogP contribution in [-0.2, 0) is 0 Å². The Balaban J connectivity index is 1.94. The number of benzene rings is 1. The molecule has 0 radical (unpaired) electrons. The lowest BCUT2D eigenvalue weighted by atomic mass is 10.0. The molecule has 1 aliphatic rings. The van der Waals surface area contributed by atoms with Gasteiger partial charge in [-0.2, -0.15) is 0 Å². The van der Waals surface area contributed by atoms with Crippen LogP contribution in [0.3, 0.4) is 0 Å². The van der Waals surface area contributed by atoms with E-state index in [0.29, 0.717) is 10.6 Å². The van der Waals surface area contributed by atoms with Gasteiger partial charge in [-0.3, -0.25) is 0 Å². The van der Waals surface area contributed by atoms with E-state index in [-0.39, 0.29) is 5.82 Å². The first-order valence-corrected chi connectivity index (χ1v) is 7.24. The van der Waals surface area contributed by atoms with Crippen molar-refractivity contribution in [2.45, 2.75) is 45.4 Å². The van der Waals surface area contributed by atoms with Crippen molar-refractivity contribution in [2.24, 2.45) is 5.92 Å². The van der Waals surface area contributed by atoms with Crippen molar-refractivity contribution < 1.29 is 4.39 Å². The molecule has 0 amide bonds. The maximum atomic E-state index is 13.3. The minimum Gasteiger partial charge on any atom is -0.384 e. The van der Waals surface area contributed by atoms with Crippen LogP contribution in [-0.4, -0.2) is 6.54 Å². The van der Waals surface area contributed by atoms with Gasteiger partial charge in [0.1, 0.15) is 5.82 Å². The third-order valence-electron chi connectivity index (χ3n) is 3.80. The Bertz CT molecular complexity index is 398. The van der Waals surface area contributed by atoms with Gasteiger partial charge in [-0.1, -0.05) is 37.3 Å². The van der Waals surface area contributed by atoms with Crippen LogP contribution < -0.4 is 5.32 Å². The summed E-state index contributed by atoms with van der Waals surface area (Å²) in [5, 5.41) is 3.86. The summed E-state index contributed by atoms with van der Waals surface area (Å²) in [5.74, 6) is 0.494. The van der Waals surface area contributed by atoms with Gasteiger partial charge < -0.3 is 5.32 Å². The largest absolute Gasteiger partial charge is 0.384 e. The zero-order chi connectivity index (χ0) is 13.0. The first-order valence-electron chi connectivity index (χ1n) is 6.86. The quantitative estimate of drug-likeness (QED) is 0.747. The van der Waals surface area contributed by atoms with Crippen LogP contribution in [0.5, 0.6) is 0 Å². The smallest absolute Gasteiger partial charge is 0.127 e. The van der Waals surface area contributed by atoms with Gasteiger partial charge in [0, 0.05) is 6.54 Å². The van der Waals surface area contributed by atoms with E-state index in [1.807, 2.05) is 0 Å². The molecule has 0 aliphatic heterocycles. The number of rotatable bonds is 3. The van der Waals surface area contributed by atoms with Gasteiger partial charge in [0.05, 0.1) is 10.7 Å². The Kier molecular flexibility index (Phi) is 4.87. The van der Waals surface area contributed by atoms with E-state index in [0.717, 1.165) is 18.2 Å². The maximum Gasteiger partial charge on any atom is 0.127 e. The summed E-state index contributed by atoms with van der Waals surface area (Å²) in [4.78, 5) is 0. The van der Waals surface area contributed by atoms with Crippen molar-refractivity contribution in [3.05, 3.63) is 28.5 Å². The van der Waals surface area contributed by atoms with Gasteiger partial charge in [-0.15, -0.1) is 0 Å². The zero-order valence-corrected chi connectivity index (χ0v) is 11.7. The van der Waals surface area contributed by atoms with Crippen LogP contribution in [0.1, 0.15) is 44.1 Å². The molecule has 0 bridgehead atoms. The summed E-state index contributed by atoms with van der Waals surface area (Å²) in [5.41, 5.74) is 1.50. The molecule has 1 saturated carbocycles. The highest BCUT2D eigenvalue weighted by Crippen LogP contribution is 2.27. The lowest BCUT2D eigenvalue weighted by Gasteiger charge is -2.17. The second-order valence-electron chi connectivity index (χ2n) is 5.32. The topological polar surface area (TPSA) is 12.0 Å². The Labute approximate surface area is 114 Å². The van der Waals surface area contributed by atoms with Gasteiger partial charge in [0.2, 0.25) is 0 Å². The second-order valence-corrected chi connectivity index (χ2v) is 5.73. The third-order valence-corrected chi connectivity index (χ3v) is 4.12. The number of aryl methyl sites for hydroxylation is 1. The summed E-state index contributed by atoms with van der Waals surface area (Å²) in [6.07, 6.45) is 8.00.